The molecule has 0 aliphatic carbocycles. The zero-order chi connectivity index (χ0) is 21.9. The van der Waals surface area contributed by atoms with Gasteiger partial charge in [0.1, 0.15) is 18.4 Å². The monoisotopic (exact) mass is 453 g/mol. The van der Waals surface area contributed by atoms with Crippen LogP contribution in [0.2, 0.25) is 25.7 Å². The van der Waals surface area contributed by atoms with E-state index in [1.165, 1.54) is 22.7 Å². The van der Waals surface area contributed by atoms with Gasteiger partial charge in [0, 0.05) is 45.4 Å². The van der Waals surface area contributed by atoms with E-state index in [1.54, 1.807) is 6.07 Å². The van der Waals surface area contributed by atoms with Crippen molar-refractivity contribution >= 4 is 18.1 Å². The highest BCUT2D eigenvalue weighted by Crippen LogP contribution is 2.31. The molecule has 0 saturated carbocycles. The second kappa shape index (κ2) is 9.29. The summed E-state index contributed by atoms with van der Waals surface area (Å²) in [5.41, 5.74) is 1.44. The third-order valence-electron chi connectivity index (χ3n) is 5.44. The number of benzene rings is 1. The lowest BCUT2D eigenvalue weighted by Gasteiger charge is -2.30. The van der Waals surface area contributed by atoms with Gasteiger partial charge in [0.2, 0.25) is 10.0 Å². The molecule has 9 heteroatoms. The van der Waals surface area contributed by atoms with Gasteiger partial charge in [-0.05, 0) is 31.0 Å². The quantitative estimate of drug-likeness (QED) is 0.445. The van der Waals surface area contributed by atoms with Gasteiger partial charge in [-0.15, -0.1) is 0 Å². The summed E-state index contributed by atoms with van der Waals surface area (Å²) in [6.07, 6.45) is 4.59. The molecule has 0 bridgehead atoms. The Kier molecular flexibility index (Phi) is 7.16. The second-order valence-corrected chi connectivity index (χ2v) is 16.9. The normalized spacial score (nSPS) is 16.8. The number of hydrogen-bond acceptors (Lipinski definition) is 4. The number of hydrogen-bond donors (Lipinski definition) is 0. The number of rotatable bonds is 8. The first kappa shape index (κ1) is 23.1. The molecule has 1 aliphatic heterocycles. The van der Waals surface area contributed by atoms with Crippen molar-refractivity contribution in [1.29, 1.82) is 0 Å². The van der Waals surface area contributed by atoms with E-state index in [1.807, 2.05) is 16.8 Å². The molecule has 2 aromatic rings. The van der Waals surface area contributed by atoms with Crippen molar-refractivity contribution in [3.8, 4) is 11.3 Å². The molecular weight excluding hydrogens is 421 g/mol. The van der Waals surface area contributed by atoms with E-state index in [-0.39, 0.29) is 11.7 Å². The molecule has 1 saturated heterocycles. The molecule has 0 amide bonds. The van der Waals surface area contributed by atoms with Gasteiger partial charge in [-0.3, -0.25) is 0 Å². The Morgan fingerprint density at radius 3 is 2.53 bits per heavy atom. The summed E-state index contributed by atoms with van der Waals surface area (Å²) in [6, 6.07) is 7.51. The van der Waals surface area contributed by atoms with Crippen LogP contribution in [-0.4, -0.2) is 56.3 Å². The summed E-state index contributed by atoms with van der Waals surface area (Å²) in [5, 5.41) is 0. The largest absolute Gasteiger partial charge is 0.361 e. The van der Waals surface area contributed by atoms with E-state index in [0.29, 0.717) is 45.0 Å². The Morgan fingerprint density at radius 2 is 1.93 bits per heavy atom. The van der Waals surface area contributed by atoms with Crippen molar-refractivity contribution in [2.75, 3.05) is 26.0 Å². The second-order valence-electron chi connectivity index (χ2n) is 9.25. The van der Waals surface area contributed by atoms with Crippen LogP contribution in [0.25, 0.3) is 11.3 Å². The van der Waals surface area contributed by atoms with Crippen LogP contribution >= 0.6 is 0 Å². The van der Waals surface area contributed by atoms with Gasteiger partial charge >= 0.3 is 0 Å². The molecule has 1 aliphatic rings. The van der Waals surface area contributed by atoms with Gasteiger partial charge in [0.15, 0.2) is 0 Å². The smallest absolute Gasteiger partial charge is 0.211 e. The number of piperidine rings is 1. The molecular formula is C21H32FN3O3SSi. The SMILES string of the molecule is C[Si](C)(C)CCOCn1cc(-c2cccc(F)c2)nc1C1CCN(S(C)(=O)=O)CC1. The summed E-state index contributed by atoms with van der Waals surface area (Å²) < 4.78 is 46.8. The van der Waals surface area contributed by atoms with Gasteiger partial charge in [0.25, 0.3) is 0 Å². The van der Waals surface area contributed by atoms with E-state index >= 15 is 0 Å². The fourth-order valence-corrected chi connectivity index (χ4v) is 5.26. The first-order valence-electron chi connectivity index (χ1n) is 10.4. The Morgan fingerprint density at radius 1 is 1.23 bits per heavy atom. The van der Waals surface area contributed by atoms with Crippen molar-refractivity contribution in [2.24, 2.45) is 0 Å². The lowest BCUT2D eigenvalue weighted by Crippen LogP contribution is -2.37. The number of ether oxygens (including phenoxy) is 1. The molecule has 0 radical (unpaired) electrons. The van der Waals surface area contributed by atoms with Crippen LogP contribution in [0.3, 0.4) is 0 Å². The van der Waals surface area contributed by atoms with E-state index in [9.17, 15) is 12.8 Å². The van der Waals surface area contributed by atoms with Gasteiger partial charge in [-0.2, -0.15) is 0 Å². The molecule has 1 aromatic heterocycles. The molecule has 0 N–H and O–H groups in total. The minimum Gasteiger partial charge on any atom is -0.361 e. The molecule has 6 nitrogen and oxygen atoms in total. The third kappa shape index (κ3) is 6.23. The van der Waals surface area contributed by atoms with Gasteiger partial charge in [-0.1, -0.05) is 31.8 Å². The molecule has 0 atom stereocenters. The first-order valence-corrected chi connectivity index (χ1v) is 15.9. The minimum atomic E-state index is -3.17. The van der Waals surface area contributed by atoms with Crippen LogP contribution in [0.15, 0.2) is 30.5 Å². The highest BCUT2D eigenvalue weighted by atomic mass is 32.2. The average Bonchev–Trinajstić information content (AvgIpc) is 3.08. The van der Waals surface area contributed by atoms with E-state index in [4.69, 9.17) is 9.72 Å². The van der Waals surface area contributed by atoms with Gasteiger partial charge < -0.3 is 9.30 Å². The lowest BCUT2D eigenvalue weighted by atomic mass is 9.97. The Balaban J connectivity index is 1.79. The predicted octanol–water partition coefficient (Wildman–Crippen LogP) is 4.14. The Bertz CT molecular complexity index is 964. The Hall–Kier alpha value is -1.55. The highest BCUT2D eigenvalue weighted by molar-refractivity contribution is 7.88. The zero-order valence-electron chi connectivity index (χ0n) is 18.3. The summed E-state index contributed by atoms with van der Waals surface area (Å²) in [7, 11) is -4.35. The minimum absolute atomic E-state index is 0.144. The topological polar surface area (TPSA) is 64.4 Å². The molecule has 0 unspecified atom stereocenters. The number of halogens is 1. The zero-order valence-corrected chi connectivity index (χ0v) is 20.1. The fourth-order valence-electron chi connectivity index (χ4n) is 3.63. The summed E-state index contributed by atoms with van der Waals surface area (Å²) in [6.45, 7) is 9.03. The maximum atomic E-state index is 13.7. The van der Waals surface area contributed by atoms with Crippen molar-refractivity contribution in [2.45, 2.75) is 51.2 Å². The maximum absolute atomic E-state index is 13.7. The average molecular weight is 454 g/mol. The molecule has 0 spiro atoms. The molecule has 3 rings (SSSR count). The van der Waals surface area contributed by atoms with Crippen LogP contribution < -0.4 is 0 Å². The number of imidazole rings is 1. The number of nitrogens with zero attached hydrogens (tertiary/aromatic N) is 3. The Labute approximate surface area is 180 Å². The molecule has 2 heterocycles. The van der Waals surface area contributed by atoms with Gasteiger partial charge in [0.05, 0.1) is 11.9 Å². The highest BCUT2D eigenvalue weighted by Gasteiger charge is 2.29. The molecule has 30 heavy (non-hydrogen) atoms. The number of aromatic nitrogens is 2. The summed E-state index contributed by atoms with van der Waals surface area (Å²) in [5.74, 6) is 0.734. The standard InChI is InChI=1S/C21H32FN3O3SSi/c1-29(26,27)25-10-8-17(9-11-25)21-23-20(18-6-5-7-19(22)14-18)15-24(21)16-28-12-13-30(2,3)4/h5-7,14-15,17H,8-13,16H2,1-4H3. The first-order chi connectivity index (χ1) is 14.0. The third-order valence-corrected chi connectivity index (χ3v) is 8.45. The lowest BCUT2D eigenvalue weighted by molar-refractivity contribution is 0.0834. The van der Waals surface area contributed by atoms with Crippen molar-refractivity contribution in [1.82, 2.24) is 13.9 Å². The van der Waals surface area contributed by atoms with Gasteiger partial charge in [-0.25, -0.2) is 22.1 Å². The fraction of sp³-hybridized carbons (Fsp3) is 0.571. The van der Waals surface area contributed by atoms with E-state index < -0.39 is 18.1 Å². The van der Waals surface area contributed by atoms with Crippen molar-refractivity contribution in [3.05, 3.63) is 42.1 Å². The maximum Gasteiger partial charge on any atom is 0.211 e. The van der Waals surface area contributed by atoms with Crippen molar-refractivity contribution < 1.29 is 17.5 Å². The molecule has 1 aromatic carbocycles. The van der Waals surface area contributed by atoms with Crippen LogP contribution in [0, 0.1) is 5.82 Å². The summed E-state index contributed by atoms with van der Waals surface area (Å²) in [4.78, 5) is 4.82. The van der Waals surface area contributed by atoms with Crippen LogP contribution in [0.5, 0.6) is 0 Å². The van der Waals surface area contributed by atoms with Crippen LogP contribution in [0.4, 0.5) is 4.39 Å². The van der Waals surface area contributed by atoms with E-state index in [0.717, 1.165) is 17.4 Å². The molecule has 166 valence electrons. The summed E-state index contributed by atoms with van der Waals surface area (Å²) >= 11 is 0. The van der Waals surface area contributed by atoms with E-state index in [2.05, 4.69) is 19.6 Å². The van der Waals surface area contributed by atoms with Crippen molar-refractivity contribution in [3.63, 3.8) is 0 Å². The predicted molar refractivity (Wildman–Crippen MR) is 120 cm³/mol. The van der Waals surface area contributed by atoms with Crippen LogP contribution in [-0.2, 0) is 21.5 Å². The molecule has 1 fully saturated rings. The van der Waals surface area contributed by atoms with Crippen LogP contribution in [0.1, 0.15) is 24.6 Å². The number of sulfonamides is 1.